The molecule has 1 aromatic carbocycles. The SMILES string of the molecule is CCNCc1c(Cl)cccc1OC(C)C(=O)NC(C)C. The summed E-state index contributed by atoms with van der Waals surface area (Å²) in [6.07, 6.45) is -0.559. The molecule has 20 heavy (non-hydrogen) atoms. The van der Waals surface area contributed by atoms with Crippen LogP contribution in [0.3, 0.4) is 0 Å². The Hall–Kier alpha value is -1.26. The highest BCUT2D eigenvalue weighted by Gasteiger charge is 2.17. The van der Waals surface area contributed by atoms with Gasteiger partial charge in [0.2, 0.25) is 0 Å². The van der Waals surface area contributed by atoms with Gasteiger partial charge in [-0.1, -0.05) is 24.6 Å². The molecule has 5 heteroatoms. The Morgan fingerprint density at radius 1 is 1.35 bits per heavy atom. The van der Waals surface area contributed by atoms with E-state index in [1.807, 2.05) is 39.0 Å². The minimum Gasteiger partial charge on any atom is -0.481 e. The summed E-state index contributed by atoms with van der Waals surface area (Å²) in [6.45, 7) is 9.05. The number of carbonyl (C=O) groups is 1. The van der Waals surface area contributed by atoms with Gasteiger partial charge < -0.3 is 15.4 Å². The molecule has 0 saturated heterocycles. The normalized spacial score (nSPS) is 12.3. The third-order valence-electron chi connectivity index (χ3n) is 2.73. The van der Waals surface area contributed by atoms with Gasteiger partial charge in [0.25, 0.3) is 5.91 Å². The monoisotopic (exact) mass is 298 g/mol. The Bertz CT molecular complexity index is 449. The molecule has 0 aliphatic rings. The highest BCUT2D eigenvalue weighted by atomic mass is 35.5. The van der Waals surface area contributed by atoms with Crippen molar-refractivity contribution in [3.05, 3.63) is 28.8 Å². The average molecular weight is 299 g/mol. The lowest BCUT2D eigenvalue weighted by Gasteiger charge is -2.19. The summed E-state index contributed by atoms with van der Waals surface area (Å²) in [4.78, 5) is 11.9. The van der Waals surface area contributed by atoms with Gasteiger partial charge in [0.1, 0.15) is 5.75 Å². The quantitative estimate of drug-likeness (QED) is 0.814. The molecule has 0 aromatic heterocycles. The average Bonchev–Trinajstić information content (AvgIpc) is 2.37. The highest BCUT2D eigenvalue weighted by Crippen LogP contribution is 2.27. The molecule has 0 spiro atoms. The van der Waals surface area contributed by atoms with Crippen LogP contribution in [0.25, 0.3) is 0 Å². The van der Waals surface area contributed by atoms with Gasteiger partial charge in [0, 0.05) is 23.2 Å². The standard InChI is InChI=1S/C15H23ClN2O2/c1-5-17-9-12-13(16)7-6-8-14(12)20-11(4)15(19)18-10(2)3/h6-8,10-11,17H,5,9H2,1-4H3,(H,18,19). The van der Waals surface area contributed by atoms with E-state index >= 15 is 0 Å². The largest absolute Gasteiger partial charge is 0.481 e. The van der Waals surface area contributed by atoms with E-state index in [-0.39, 0.29) is 11.9 Å². The fourth-order valence-corrected chi connectivity index (χ4v) is 1.95. The number of rotatable bonds is 7. The van der Waals surface area contributed by atoms with Crippen molar-refractivity contribution in [1.29, 1.82) is 0 Å². The molecule has 0 fully saturated rings. The fraction of sp³-hybridized carbons (Fsp3) is 0.533. The number of halogens is 1. The topological polar surface area (TPSA) is 50.4 Å². The summed E-state index contributed by atoms with van der Waals surface area (Å²) in [5, 5.41) is 6.68. The van der Waals surface area contributed by atoms with Gasteiger partial charge >= 0.3 is 0 Å². The molecule has 1 aromatic rings. The van der Waals surface area contributed by atoms with Crippen molar-refractivity contribution >= 4 is 17.5 Å². The maximum Gasteiger partial charge on any atom is 0.260 e. The van der Waals surface area contributed by atoms with Crippen molar-refractivity contribution in [2.75, 3.05) is 6.54 Å². The predicted octanol–water partition coefficient (Wildman–Crippen LogP) is 2.74. The summed E-state index contributed by atoms with van der Waals surface area (Å²) < 4.78 is 5.75. The number of carbonyl (C=O) groups excluding carboxylic acids is 1. The van der Waals surface area contributed by atoms with Crippen LogP contribution in [0.2, 0.25) is 5.02 Å². The van der Waals surface area contributed by atoms with Gasteiger partial charge in [0.05, 0.1) is 0 Å². The van der Waals surface area contributed by atoms with Gasteiger partial charge in [0.15, 0.2) is 6.10 Å². The summed E-state index contributed by atoms with van der Waals surface area (Å²) in [5.41, 5.74) is 0.875. The summed E-state index contributed by atoms with van der Waals surface area (Å²) in [6, 6.07) is 5.56. The minimum absolute atomic E-state index is 0.0918. The Balaban J connectivity index is 2.80. The molecule has 1 rings (SSSR count). The van der Waals surface area contributed by atoms with E-state index < -0.39 is 6.10 Å². The third kappa shape index (κ3) is 5.02. The highest BCUT2D eigenvalue weighted by molar-refractivity contribution is 6.31. The number of hydrogen-bond acceptors (Lipinski definition) is 3. The van der Waals surface area contributed by atoms with Crippen LogP contribution in [-0.2, 0) is 11.3 Å². The summed E-state index contributed by atoms with van der Waals surface area (Å²) >= 11 is 6.19. The van der Waals surface area contributed by atoms with E-state index in [0.717, 1.165) is 12.1 Å². The molecule has 112 valence electrons. The van der Waals surface area contributed by atoms with Gasteiger partial charge in [-0.15, -0.1) is 0 Å². The van der Waals surface area contributed by atoms with Crippen molar-refractivity contribution < 1.29 is 9.53 Å². The zero-order chi connectivity index (χ0) is 15.1. The Morgan fingerprint density at radius 3 is 2.65 bits per heavy atom. The van der Waals surface area contributed by atoms with E-state index in [0.29, 0.717) is 17.3 Å². The lowest BCUT2D eigenvalue weighted by atomic mass is 10.2. The zero-order valence-corrected chi connectivity index (χ0v) is 13.3. The first-order chi connectivity index (χ1) is 9.45. The molecule has 0 saturated carbocycles. The molecule has 2 N–H and O–H groups in total. The van der Waals surface area contributed by atoms with Crippen molar-refractivity contribution in [3.63, 3.8) is 0 Å². The zero-order valence-electron chi connectivity index (χ0n) is 12.5. The van der Waals surface area contributed by atoms with Gasteiger partial charge in [-0.3, -0.25) is 4.79 Å². The number of amides is 1. The Morgan fingerprint density at radius 2 is 2.05 bits per heavy atom. The maximum absolute atomic E-state index is 11.9. The van der Waals surface area contributed by atoms with E-state index in [2.05, 4.69) is 10.6 Å². The third-order valence-corrected chi connectivity index (χ3v) is 3.09. The lowest BCUT2D eigenvalue weighted by Crippen LogP contribution is -2.40. The van der Waals surface area contributed by atoms with Crippen molar-refractivity contribution in [1.82, 2.24) is 10.6 Å². The van der Waals surface area contributed by atoms with Crippen LogP contribution >= 0.6 is 11.6 Å². The molecule has 0 radical (unpaired) electrons. The minimum atomic E-state index is -0.559. The van der Waals surface area contributed by atoms with Crippen LogP contribution < -0.4 is 15.4 Å². The van der Waals surface area contributed by atoms with E-state index in [1.54, 1.807) is 6.92 Å². The first-order valence-electron chi connectivity index (χ1n) is 6.90. The molecule has 0 aliphatic carbocycles. The fourth-order valence-electron chi connectivity index (χ4n) is 1.72. The van der Waals surface area contributed by atoms with Crippen LogP contribution in [0, 0.1) is 0 Å². The lowest BCUT2D eigenvalue weighted by molar-refractivity contribution is -0.127. The van der Waals surface area contributed by atoms with Crippen LogP contribution in [0.4, 0.5) is 0 Å². The first kappa shape index (κ1) is 16.8. The Kier molecular flexibility index (Phi) is 6.82. The molecule has 0 heterocycles. The van der Waals surface area contributed by atoms with Crippen molar-refractivity contribution in [2.45, 2.75) is 46.4 Å². The number of benzene rings is 1. The van der Waals surface area contributed by atoms with Crippen molar-refractivity contribution in [3.8, 4) is 5.75 Å². The van der Waals surface area contributed by atoms with Gasteiger partial charge in [-0.2, -0.15) is 0 Å². The van der Waals surface area contributed by atoms with Crippen LogP contribution in [0.15, 0.2) is 18.2 Å². The van der Waals surface area contributed by atoms with Gasteiger partial charge in [-0.25, -0.2) is 0 Å². The maximum atomic E-state index is 11.9. The molecule has 0 bridgehead atoms. The smallest absolute Gasteiger partial charge is 0.260 e. The van der Waals surface area contributed by atoms with Crippen LogP contribution in [-0.4, -0.2) is 24.6 Å². The van der Waals surface area contributed by atoms with E-state index in [9.17, 15) is 4.79 Å². The number of nitrogens with one attached hydrogen (secondary N) is 2. The molecular formula is C15H23ClN2O2. The first-order valence-corrected chi connectivity index (χ1v) is 7.28. The molecule has 0 aliphatic heterocycles. The second kappa shape index (κ2) is 8.12. The molecule has 1 unspecified atom stereocenters. The Labute approximate surface area is 125 Å². The van der Waals surface area contributed by atoms with Crippen LogP contribution in [0.5, 0.6) is 5.75 Å². The molecule has 1 atom stereocenters. The molecular weight excluding hydrogens is 276 g/mol. The molecule has 4 nitrogen and oxygen atoms in total. The van der Waals surface area contributed by atoms with E-state index in [1.165, 1.54) is 0 Å². The van der Waals surface area contributed by atoms with Crippen LogP contribution in [0.1, 0.15) is 33.3 Å². The number of hydrogen-bond donors (Lipinski definition) is 2. The van der Waals surface area contributed by atoms with Gasteiger partial charge in [-0.05, 0) is 39.4 Å². The van der Waals surface area contributed by atoms with Crippen molar-refractivity contribution in [2.24, 2.45) is 0 Å². The summed E-state index contributed by atoms with van der Waals surface area (Å²) in [5.74, 6) is 0.513. The second-order valence-electron chi connectivity index (χ2n) is 4.92. The number of ether oxygens (including phenoxy) is 1. The second-order valence-corrected chi connectivity index (χ2v) is 5.33. The summed E-state index contributed by atoms with van der Waals surface area (Å²) in [7, 11) is 0. The van der Waals surface area contributed by atoms with E-state index in [4.69, 9.17) is 16.3 Å². The predicted molar refractivity (Wildman–Crippen MR) is 82.2 cm³/mol. The molecule has 1 amide bonds.